The molecule has 0 unspecified atom stereocenters. The van der Waals surface area contributed by atoms with Gasteiger partial charge >= 0.3 is 0 Å². The van der Waals surface area contributed by atoms with Crippen molar-refractivity contribution in [2.75, 3.05) is 13.2 Å². The second-order valence-corrected chi connectivity index (χ2v) is 3.11. The Bertz CT molecular complexity index is 67.3. The fraction of sp³-hybridized carbons (Fsp3) is 1.00. The van der Waals surface area contributed by atoms with Gasteiger partial charge in [-0.15, -0.1) is 0 Å². The lowest BCUT2D eigenvalue weighted by atomic mass is 10.1. The van der Waals surface area contributed by atoms with Crippen LogP contribution < -0.4 is 0 Å². The molecule has 1 heteroatoms. The van der Waals surface area contributed by atoms with Crippen LogP contribution in [-0.2, 0) is 4.74 Å². The number of unbranched alkanes of at least 4 members (excludes halogenated alkanes) is 1. The Labute approximate surface area is 71.1 Å². The van der Waals surface area contributed by atoms with Crippen molar-refractivity contribution in [2.24, 2.45) is 5.92 Å². The van der Waals surface area contributed by atoms with Crippen LogP contribution in [0.4, 0.5) is 0 Å². The standard InChI is InChI=1S/C10H22O/c1-4-7-8-11-9-10(5-2)6-3/h10H,4-9H2,1-3H3. The molecule has 1 nitrogen and oxygen atoms in total. The van der Waals surface area contributed by atoms with E-state index < -0.39 is 0 Å². The number of rotatable bonds is 7. The van der Waals surface area contributed by atoms with E-state index in [2.05, 4.69) is 20.8 Å². The summed E-state index contributed by atoms with van der Waals surface area (Å²) in [5.41, 5.74) is 0. The van der Waals surface area contributed by atoms with Crippen LogP contribution in [0.1, 0.15) is 46.5 Å². The summed E-state index contributed by atoms with van der Waals surface area (Å²) < 4.78 is 5.52. The fourth-order valence-electron chi connectivity index (χ4n) is 1.02. The van der Waals surface area contributed by atoms with Gasteiger partial charge in [0.2, 0.25) is 0 Å². The molecule has 0 aromatic carbocycles. The van der Waals surface area contributed by atoms with Crippen molar-refractivity contribution in [1.29, 1.82) is 0 Å². The summed E-state index contributed by atoms with van der Waals surface area (Å²) in [5, 5.41) is 0. The van der Waals surface area contributed by atoms with Gasteiger partial charge in [0.25, 0.3) is 0 Å². The summed E-state index contributed by atoms with van der Waals surface area (Å²) in [4.78, 5) is 0. The summed E-state index contributed by atoms with van der Waals surface area (Å²) in [6.45, 7) is 8.58. The van der Waals surface area contributed by atoms with Crippen molar-refractivity contribution >= 4 is 0 Å². The first-order valence-corrected chi connectivity index (χ1v) is 4.92. The van der Waals surface area contributed by atoms with E-state index in [4.69, 9.17) is 4.74 Å². The van der Waals surface area contributed by atoms with Gasteiger partial charge in [-0.25, -0.2) is 0 Å². The minimum Gasteiger partial charge on any atom is -0.381 e. The molecule has 0 heterocycles. The molecule has 0 aliphatic carbocycles. The van der Waals surface area contributed by atoms with Crippen molar-refractivity contribution in [3.63, 3.8) is 0 Å². The topological polar surface area (TPSA) is 9.23 Å². The van der Waals surface area contributed by atoms with E-state index in [9.17, 15) is 0 Å². The molecule has 68 valence electrons. The summed E-state index contributed by atoms with van der Waals surface area (Å²) in [6.07, 6.45) is 4.95. The highest BCUT2D eigenvalue weighted by Crippen LogP contribution is 2.07. The van der Waals surface area contributed by atoms with Gasteiger partial charge in [0.15, 0.2) is 0 Å². The summed E-state index contributed by atoms with van der Waals surface area (Å²) in [6, 6.07) is 0. The molecule has 0 fully saturated rings. The Balaban J connectivity index is 3.07. The summed E-state index contributed by atoms with van der Waals surface area (Å²) in [7, 11) is 0. The molecular formula is C10H22O. The molecule has 0 spiro atoms. The predicted octanol–water partition coefficient (Wildman–Crippen LogP) is 3.24. The van der Waals surface area contributed by atoms with E-state index in [-0.39, 0.29) is 0 Å². The van der Waals surface area contributed by atoms with Gasteiger partial charge < -0.3 is 4.74 Å². The van der Waals surface area contributed by atoms with Crippen LogP contribution >= 0.6 is 0 Å². The zero-order valence-electron chi connectivity index (χ0n) is 8.23. The molecule has 0 radical (unpaired) electrons. The van der Waals surface area contributed by atoms with Gasteiger partial charge in [0.1, 0.15) is 0 Å². The average molecular weight is 158 g/mol. The molecule has 11 heavy (non-hydrogen) atoms. The smallest absolute Gasteiger partial charge is 0.0494 e. The third kappa shape index (κ3) is 6.36. The molecular weight excluding hydrogens is 136 g/mol. The number of ether oxygens (including phenoxy) is 1. The van der Waals surface area contributed by atoms with E-state index >= 15 is 0 Å². The minimum atomic E-state index is 0.784. The second-order valence-electron chi connectivity index (χ2n) is 3.11. The Kier molecular flexibility index (Phi) is 8.03. The first-order valence-electron chi connectivity index (χ1n) is 4.92. The van der Waals surface area contributed by atoms with Gasteiger partial charge in [-0.3, -0.25) is 0 Å². The van der Waals surface area contributed by atoms with E-state index in [0.717, 1.165) is 19.1 Å². The van der Waals surface area contributed by atoms with Crippen molar-refractivity contribution in [3.8, 4) is 0 Å². The molecule has 0 saturated heterocycles. The van der Waals surface area contributed by atoms with E-state index in [1.807, 2.05) is 0 Å². The largest absolute Gasteiger partial charge is 0.381 e. The normalized spacial score (nSPS) is 10.9. The van der Waals surface area contributed by atoms with Crippen LogP contribution in [0.5, 0.6) is 0 Å². The van der Waals surface area contributed by atoms with Crippen LogP contribution in [0, 0.1) is 5.92 Å². The maximum Gasteiger partial charge on any atom is 0.0494 e. The van der Waals surface area contributed by atoms with Crippen molar-refractivity contribution < 1.29 is 4.74 Å². The van der Waals surface area contributed by atoms with Gasteiger partial charge in [0, 0.05) is 13.2 Å². The van der Waals surface area contributed by atoms with E-state index in [0.29, 0.717) is 0 Å². The molecule has 0 rings (SSSR count). The molecule has 0 N–H and O–H groups in total. The molecule has 0 amide bonds. The van der Waals surface area contributed by atoms with Crippen LogP contribution in [0.25, 0.3) is 0 Å². The third-order valence-electron chi connectivity index (χ3n) is 2.15. The molecule has 0 atom stereocenters. The van der Waals surface area contributed by atoms with Crippen LogP contribution in [0.15, 0.2) is 0 Å². The van der Waals surface area contributed by atoms with Gasteiger partial charge in [-0.1, -0.05) is 40.0 Å². The highest BCUT2D eigenvalue weighted by molar-refractivity contribution is 4.51. The molecule has 0 aromatic heterocycles. The molecule has 0 aliphatic heterocycles. The monoisotopic (exact) mass is 158 g/mol. The molecule has 0 aromatic rings. The van der Waals surface area contributed by atoms with Crippen LogP contribution in [-0.4, -0.2) is 13.2 Å². The first-order chi connectivity index (χ1) is 5.35. The lowest BCUT2D eigenvalue weighted by molar-refractivity contribution is 0.0943. The second kappa shape index (κ2) is 8.06. The predicted molar refractivity (Wildman–Crippen MR) is 49.8 cm³/mol. The lowest BCUT2D eigenvalue weighted by Gasteiger charge is -2.11. The molecule has 0 saturated carbocycles. The van der Waals surface area contributed by atoms with Gasteiger partial charge in [0.05, 0.1) is 0 Å². The quantitative estimate of drug-likeness (QED) is 0.517. The summed E-state index contributed by atoms with van der Waals surface area (Å²) >= 11 is 0. The summed E-state index contributed by atoms with van der Waals surface area (Å²) in [5.74, 6) is 0.784. The van der Waals surface area contributed by atoms with Crippen molar-refractivity contribution in [2.45, 2.75) is 46.5 Å². The Morgan fingerprint density at radius 1 is 1.09 bits per heavy atom. The third-order valence-corrected chi connectivity index (χ3v) is 2.15. The maximum absolute atomic E-state index is 5.52. The number of hydrogen-bond donors (Lipinski definition) is 0. The first kappa shape index (κ1) is 11.0. The van der Waals surface area contributed by atoms with Crippen molar-refractivity contribution in [1.82, 2.24) is 0 Å². The minimum absolute atomic E-state index is 0.784. The lowest BCUT2D eigenvalue weighted by Crippen LogP contribution is -2.08. The molecule has 0 bridgehead atoms. The van der Waals surface area contributed by atoms with Gasteiger partial charge in [-0.2, -0.15) is 0 Å². The highest BCUT2D eigenvalue weighted by atomic mass is 16.5. The maximum atomic E-state index is 5.52. The number of hydrogen-bond acceptors (Lipinski definition) is 1. The highest BCUT2D eigenvalue weighted by Gasteiger charge is 2.01. The Morgan fingerprint density at radius 3 is 2.18 bits per heavy atom. The van der Waals surface area contributed by atoms with Crippen LogP contribution in [0.2, 0.25) is 0 Å². The van der Waals surface area contributed by atoms with E-state index in [1.165, 1.54) is 25.7 Å². The zero-order chi connectivity index (χ0) is 8.53. The van der Waals surface area contributed by atoms with Crippen molar-refractivity contribution in [3.05, 3.63) is 0 Å². The SMILES string of the molecule is CCCCOCC(CC)CC. The molecule has 0 aliphatic rings. The fourth-order valence-corrected chi connectivity index (χ4v) is 1.02. The van der Waals surface area contributed by atoms with E-state index in [1.54, 1.807) is 0 Å². The Hall–Kier alpha value is -0.0400. The Morgan fingerprint density at radius 2 is 1.73 bits per heavy atom. The van der Waals surface area contributed by atoms with Gasteiger partial charge in [-0.05, 0) is 12.3 Å². The van der Waals surface area contributed by atoms with Crippen LogP contribution in [0.3, 0.4) is 0 Å². The zero-order valence-corrected chi connectivity index (χ0v) is 8.23. The average Bonchev–Trinajstić information content (AvgIpc) is 2.05.